The van der Waals surface area contributed by atoms with E-state index in [0.29, 0.717) is 18.9 Å². The molecule has 0 saturated heterocycles. The molecule has 0 fully saturated rings. The Morgan fingerprint density at radius 2 is 1.88 bits per heavy atom. The van der Waals surface area contributed by atoms with E-state index >= 15 is 0 Å². The second kappa shape index (κ2) is 6.40. The number of carbonyl (C=O) groups is 1. The average Bonchev–Trinajstić information content (AvgIpc) is 2.35. The van der Waals surface area contributed by atoms with Crippen LogP contribution >= 0.6 is 0 Å². The van der Waals surface area contributed by atoms with Crippen molar-refractivity contribution in [1.82, 2.24) is 5.32 Å². The normalized spacial score (nSPS) is 12.5. The third-order valence-corrected chi connectivity index (χ3v) is 2.89. The van der Waals surface area contributed by atoms with Gasteiger partial charge in [-0.3, -0.25) is 4.79 Å². The first-order chi connectivity index (χ1) is 8.04. The van der Waals surface area contributed by atoms with Gasteiger partial charge in [-0.05, 0) is 23.5 Å². The number of benzene rings is 1. The summed E-state index contributed by atoms with van der Waals surface area (Å²) in [5.74, 6) is 0.451. The smallest absolute Gasteiger partial charge is 0.237 e. The lowest BCUT2D eigenvalue weighted by Gasteiger charge is -2.11. The maximum Gasteiger partial charge on any atom is 0.237 e. The number of nitrogens with one attached hydrogen (secondary N) is 1. The van der Waals surface area contributed by atoms with Crippen LogP contribution in [0.15, 0.2) is 24.3 Å². The minimum atomic E-state index is -0.398. The van der Waals surface area contributed by atoms with Crippen LogP contribution in [0.1, 0.15) is 44.2 Å². The Labute approximate surface area is 103 Å². The summed E-state index contributed by atoms with van der Waals surface area (Å²) in [6, 6.07) is 7.91. The van der Waals surface area contributed by atoms with Gasteiger partial charge >= 0.3 is 0 Å². The zero-order valence-electron chi connectivity index (χ0n) is 10.9. The molecule has 3 nitrogen and oxygen atoms in total. The van der Waals surface area contributed by atoms with Gasteiger partial charge < -0.3 is 11.1 Å². The van der Waals surface area contributed by atoms with E-state index in [1.165, 1.54) is 5.56 Å². The van der Waals surface area contributed by atoms with Gasteiger partial charge in [0.1, 0.15) is 0 Å². The molecule has 1 amide bonds. The standard InChI is InChI=1S/C14H22N2O/c1-4-13(15)14(17)16-9-11-5-7-12(8-6-11)10(2)3/h5-8,10,13H,4,9,15H2,1-3H3,(H,16,17). The molecule has 0 bridgehead atoms. The van der Waals surface area contributed by atoms with Crippen LogP contribution in [0.2, 0.25) is 0 Å². The molecule has 1 aromatic rings. The van der Waals surface area contributed by atoms with Gasteiger partial charge in [-0.1, -0.05) is 45.0 Å². The Kier molecular flexibility index (Phi) is 5.16. The fourth-order valence-corrected chi connectivity index (χ4v) is 1.53. The van der Waals surface area contributed by atoms with E-state index in [0.717, 1.165) is 5.56 Å². The maximum absolute atomic E-state index is 11.5. The first-order valence-corrected chi connectivity index (χ1v) is 6.16. The van der Waals surface area contributed by atoms with Crippen molar-refractivity contribution in [3.8, 4) is 0 Å². The van der Waals surface area contributed by atoms with Gasteiger partial charge in [0.15, 0.2) is 0 Å². The van der Waals surface area contributed by atoms with Crippen molar-refractivity contribution in [2.45, 2.75) is 45.7 Å². The Bertz CT molecular complexity index is 357. The van der Waals surface area contributed by atoms with Crippen molar-refractivity contribution in [1.29, 1.82) is 0 Å². The van der Waals surface area contributed by atoms with Crippen molar-refractivity contribution in [2.24, 2.45) is 5.73 Å². The Morgan fingerprint density at radius 3 is 2.35 bits per heavy atom. The minimum Gasteiger partial charge on any atom is -0.351 e. The van der Waals surface area contributed by atoms with E-state index in [2.05, 4.69) is 31.3 Å². The van der Waals surface area contributed by atoms with Crippen molar-refractivity contribution < 1.29 is 4.79 Å². The summed E-state index contributed by atoms with van der Waals surface area (Å²) < 4.78 is 0. The summed E-state index contributed by atoms with van der Waals surface area (Å²) in [4.78, 5) is 11.5. The molecule has 1 unspecified atom stereocenters. The molecule has 0 aliphatic rings. The summed E-state index contributed by atoms with van der Waals surface area (Å²) in [7, 11) is 0. The predicted molar refractivity (Wildman–Crippen MR) is 70.6 cm³/mol. The largest absolute Gasteiger partial charge is 0.351 e. The minimum absolute atomic E-state index is 0.0829. The third kappa shape index (κ3) is 4.19. The average molecular weight is 234 g/mol. The van der Waals surface area contributed by atoms with Crippen molar-refractivity contribution in [3.05, 3.63) is 35.4 Å². The number of hydrogen-bond acceptors (Lipinski definition) is 2. The zero-order valence-corrected chi connectivity index (χ0v) is 10.9. The Hall–Kier alpha value is -1.35. The molecule has 0 saturated carbocycles. The number of carbonyl (C=O) groups excluding carboxylic acids is 1. The highest BCUT2D eigenvalue weighted by molar-refractivity contribution is 5.81. The molecule has 3 heteroatoms. The molecule has 94 valence electrons. The first-order valence-electron chi connectivity index (χ1n) is 6.16. The van der Waals surface area contributed by atoms with Gasteiger partial charge in [0.2, 0.25) is 5.91 Å². The number of nitrogens with two attached hydrogens (primary N) is 1. The molecule has 0 aliphatic heterocycles. The van der Waals surface area contributed by atoms with E-state index in [1.807, 2.05) is 19.1 Å². The molecule has 0 spiro atoms. The molecule has 17 heavy (non-hydrogen) atoms. The molecular weight excluding hydrogens is 212 g/mol. The highest BCUT2D eigenvalue weighted by Crippen LogP contribution is 2.14. The van der Waals surface area contributed by atoms with Crippen LogP contribution in [0.4, 0.5) is 0 Å². The second-order valence-electron chi connectivity index (χ2n) is 4.63. The first kappa shape index (κ1) is 13.7. The molecule has 0 aromatic heterocycles. The summed E-state index contributed by atoms with van der Waals surface area (Å²) in [5, 5.41) is 2.83. The second-order valence-corrected chi connectivity index (χ2v) is 4.63. The molecule has 0 radical (unpaired) electrons. The lowest BCUT2D eigenvalue weighted by Crippen LogP contribution is -2.39. The van der Waals surface area contributed by atoms with Crippen LogP contribution < -0.4 is 11.1 Å². The van der Waals surface area contributed by atoms with Crippen LogP contribution in [0, 0.1) is 0 Å². The SMILES string of the molecule is CCC(N)C(=O)NCc1ccc(C(C)C)cc1. The zero-order chi connectivity index (χ0) is 12.8. The predicted octanol–water partition coefficient (Wildman–Crippen LogP) is 2.16. The molecule has 0 aliphatic carbocycles. The highest BCUT2D eigenvalue weighted by atomic mass is 16.2. The van der Waals surface area contributed by atoms with E-state index < -0.39 is 6.04 Å². The molecular formula is C14H22N2O. The lowest BCUT2D eigenvalue weighted by atomic mass is 10.0. The van der Waals surface area contributed by atoms with Gasteiger partial charge in [0.05, 0.1) is 6.04 Å². The maximum atomic E-state index is 11.5. The van der Waals surface area contributed by atoms with E-state index in [1.54, 1.807) is 0 Å². The van der Waals surface area contributed by atoms with E-state index in [9.17, 15) is 4.79 Å². The summed E-state index contributed by atoms with van der Waals surface area (Å²) in [6.07, 6.45) is 0.665. The quantitative estimate of drug-likeness (QED) is 0.820. The molecule has 1 atom stereocenters. The van der Waals surface area contributed by atoms with Gasteiger partial charge in [0.25, 0.3) is 0 Å². The van der Waals surface area contributed by atoms with Gasteiger partial charge in [-0.25, -0.2) is 0 Å². The van der Waals surface area contributed by atoms with Crippen LogP contribution in [-0.4, -0.2) is 11.9 Å². The third-order valence-electron chi connectivity index (χ3n) is 2.89. The topological polar surface area (TPSA) is 55.1 Å². The molecule has 1 rings (SSSR count). The van der Waals surface area contributed by atoms with Gasteiger partial charge in [-0.2, -0.15) is 0 Å². The molecule has 3 N–H and O–H groups in total. The Morgan fingerprint density at radius 1 is 1.29 bits per heavy atom. The van der Waals surface area contributed by atoms with E-state index in [4.69, 9.17) is 5.73 Å². The van der Waals surface area contributed by atoms with Crippen LogP contribution in [0.25, 0.3) is 0 Å². The summed E-state index contributed by atoms with van der Waals surface area (Å²) in [5.41, 5.74) is 8.05. The van der Waals surface area contributed by atoms with Crippen LogP contribution in [0.3, 0.4) is 0 Å². The summed E-state index contributed by atoms with van der Waals surface area (Å²) in [6.45, 7) is 6.78. The Balaban J connectivity index is 2.50. The van der Waals surface area contributed by atoms with Gasteiger partial charge in [-0.15, -0.1) is 0 Å². The number of hydrogen-bond donors (Lipinski definition) is 2. The van der Waals surface area contributed by atoms with Crippen molar-refractivity contribution in [2.75, 3.05) is 0 Å². The number of rotatable bonds is 5. The monoisotopic (exact) mass is 234 g/mol. The highest BCUT2D eigenvalue weighted by Gasteiger charge is 2.09. The van der Waals surface area contributed by atoms with Crippen molar-refractivity contribution >= 4 is 5.91 Å². The fraction of sp³-hybridized carbons (Fsp3) is 0.500. The molecule has 1 aromatic carbocycles. The summed E-state index contributed by atoms with van der Waals surface area (Å²) >= 11 is 0. The number of amides is 1. The van der Waals surface area contributed by atoms with Crippen LogP contribution in [0.5, 0.6) is 0 Å². The van der Waals surface area contributed by atoms with E-state index in [-0.39, 0.29) is 5.91 Å². The fourth-order valence-electron chi connectivity index (χ4n) is 1.53. The van der Waals surface area contributed by atoms with Gasteiger partial charge in [0, 0.05) is 6.54 Å². The van der Waals surface area contributed by atoms with Crippen LogP contribution in [-0.2, 0) is 11.3 Å². The lowest BCUT2D eigenvalue weighted by molar-refractivity contribution is -0.122. The van der Waals surface area contributed by atoms with Crippen molar-refractivity contribution in [3.63, 3.8) is 0 Å². The molecule has 0 heterocycles.